The van der Waals surface area contributed by atoms with Crippen LogP contribution in [-0.4, -0.2) is 6.54 Å². The summed E-state index contributed by atoms with van der Waals surface area (Å²) < 4.78 is 0. The van der Waals surface area contributed by atoms with Gasteiger partial charge in [-0.25, -0.2) is 0 Å². The van der Waals surface area contributed by atoms with Crippen LogP contribution in [0.3, 0.4) is 0 Å². The van der Waals surface area contributed by atoms with E-state index in [0.29, 0.717) is 16.1 Å². The molecule has 0 bridgehead atoms. The van der Waals surface area contributed by atoms with Crippen LogP contribution in [0.2, 0.25) is 10.0 Å². The van der Waals surface area contributed by atoms with Gasteiger partial charge in [0.05, 0.1) is 10.0 Å². The zero-order chi connectivity index (χ0) is 15.2. The van der Waals surface area contributed by atoms with Crippen molar-refractivity contribution in [1.29, 1.82) is 0 Å². The molecule has 112 valence electrons. The number of benzene rings is 2. The second kappa shape index (κ2) is 7.84. The molecule has 1 unspecified atom stereocenters. The van der Waals surface area contributed by atoms with Gasteiger partial charge in [-0.2, -0.15) is 0 Å². The van der Waals surface area contributed by atoms with Crippen molar-refractivity contribution in [2.75, 3.05) is 6.54 Å². The van der Waals surface area contributed by atoms with Crippen LogP contribution in [0, 0.1) is 6.92 Å². The summed E-state index contributed by atoms with van der Waals surface area (Å²) in [5, 5.41) is 4.75. The maximum absolute atomic E-state index is 6.14. The van der Waals surface area contributed by atoms with Gasteiger partial charge in [0.25, 0.3) is 0 Å². The van der Waals surface area contributed by atoms with Gasteiger partial charge in [0, 0.05) is 6.04 Å². The Morgan fingerprint density at radius 1 is 1.05 bits per heavy atom. The van der Waals surface area contributed by atoms with E-state index in [1.165, 1.54) is 16.7 Å². The Morgan fingerprint density at radius 2 is 1.86 bits per heavy atom. The van der Waals surface area contributed by atoms with E-state index in [4.69, 9.17) is 23.2 Å². The Balaban J connectivity index is 2.09. The molecule has 0 heterocycles. The summed E-state index contributed by atoms with van der Waals surface area (Å²) >= 11 is 12.1. The molecular weight excluding hydrogens is 301 g/mol. The molecule has 2 aromatic rings. The van der Waals surface area contributed by atoms with E-state index in [1.807, 2.05) is 12.1 Å². The summed E-state index contributed by atoms with van der Waals surface area (Å²) in [6.07, 6.45) is 2.08. The zero-order valence-corrected chi connectivity index (χ0v) is 14.0. The van der Waals surface area contributed by atoms with Crippen LogP contribution < -0.4 is 5.32 Å². The molecule has 21 heavy (non-hydrogen) atoms. The van der Waals surface area contributed by atoms with E-state index in [0.717, 1.165) is 19.4 Å². The Morgan fingerprint density at radius 3 is 2.52 bits per heavy atom. The lowest BCUT2D eigenvalue weighted by Gasteiger charge is -2.19. The van der Waals surface area contributed by atoms with E-state index in [2.05, 4.69) is 49.5 Å². The van der Waals surface area contributed by atoms with Gasteiger partial charge in [-0.05, 0) is 49.6 Å². The highest BCUT2D eigenvalue weighted by Crippen LogP contribution is 2.27. The largest absolute Gasteiger partial charge is 0.310 e. The predicted octanol–water partition coefficient (Wildman–Crippen LogP) is 5.59. The third kappa shape index (κ3) is 4.74. The van der Waals surface area contributed by atoms with Gasteiger partial charge in [0.15, 0.2) is 0 Å². The lowest BCUT2D eigenvalue weighted by Crippen LogP contribution is -2.21. The fraction of sp³-hybridized carbons (Fsp3) is 0.333. The van der Waals surface area contributed by atoms with Crippen molar-refractivity contribution >= 4 is 23.2 Å². The zero-order valence-electron chi connectivity index (χ0n) is 12.5. The quantitative estimate of drug-likeness (QED) is 0.731. The molecule has 0 fully saturated rings. The predicted molar refractivity (Wildman–Crippen MR) is 92.4 cm³/mol. The number of hydrogen-bond acceptors (Lipinski definition) is 1. The lowest BCUT2D eigenvalue weighted by atomic mass is 9.98. The molecule has 2 aromatic carbocycles. The summed E-state index contributed by atoms with van der Waals surface area (Å²) in [4.78, 5) is 0. The molecule has 1 atom stereocenters. The molecular formula is C18H21Cl2N. The fourth-order valence-electron chi connectivity index (χ4n) is 2.54. The first-order valence-corrected chi connectivity index (χ1v) is 8.09. The summed E-state index contributed by atoms with van der Waals surface area (Å²) in [5.41, 5.74) is 3.87. The smallest absolute Gasteiger partial charge is 0.0595 e. The van der Waals surface area contributed by atoms with E-state index < -0.39 is 0 Å². The Hall–Kier alpha value is -1.02. The summed E-state index contributed by atoms with van der Waals surface area (Å²) in [6.45, 7) is 5.18. The highest BCUT2D eigenvalue weighted by molar-refractivity contribution is 6.42. The van der Waals surface area contributed by atoms with Crippen molar-refractivity contribution in [2.24, 2.45) is 0 Å². The Bertz CT molecular complexity index is 596. The molecule has 0 radical (unpaired) electrons. The molecule has 0 aromatic heterocycles. The van der Waals surface area contributed by atoms with Gasteiger partial charge in [0.1, 0.15) is 0 Å². The van der Waals surface area contributed by atoms with E-state index in [1.54, 1.807) is 0 Å². The second-order valence-electron chi connectivity index (χ2n) is 5.31. The van der Waals surface area contributed by atoms with Gasteiger partial charge in [-0.15, -0.1) is 0 Å². The van der Waals surface area contributed by atoms with Crippen LogP contribution in [0.25, 0.3) is 0 Å². The molecule has 0 saturated carbocycles. The third-order valence-electron chi connectivity index (χ3n) is 3.60. The summed E-state index contributed by atoms with van der Waals surface area (Å²) in [6, 6.07) is 14.9. The summed E-state index contributed by atoms with van der Waals surface area (Å²) in [7, 11) is 0. The van der Waals surface area contributed by atoms with Gasteiger partial charge >= 0.3 is 0 Å². The third-order valence-corrected chi connectivity index (χ3v) is 4.34. The Labute approximate surface area is 137 Å². The highest BCUT2D eigenvalue weighted by Gasteiger charge is 2.12. The van der Waals surface area contributed by atoms with Crippen LogP contribution in [0.15, 0.2) is 42.5 Å². The molecule has 0 aliphatic rings. The SMILES string of the molecule is CCNC(CCc1cccc(C)c1)c1ccc(Cl)c(Cl)c1. The van der Waals surface area contributed by atoms with Gasteiger partial charge in [-0.1, -0.05) is 66.0 Å². The molecule has 0 aliphatic heterocycles. The first kappa shape index (κ1) is 16.4. The number of nitrogens with one attached hydrogen (secondary N) is 1. The van der Waals surface area contributed by atoms with Crippen molar-refractivity contribution in [3.8, 4) is 0 Å². The monoisotopic (exact) mass is 321 g/mol. The number of aryl methyl sites for hydroxylation is 2. The number of rotatable bonds is 6. The van der Waals surface area contributed by atoms with Crippen LogP contribution in [0.5, 0.6) is 0 Å². The van der Waals surface area contributed by atoms with Crippen LogP contribution in [-0.2, 0) is 6.42 Å². The molecule has 0 spiro atoms. The van der Waals surface area contributed by atoms with Crippen molar-refractivity contribution in [3.05, 3.63) is 69.2 Å². The first-order valence-electron chi connectivity index (χ1n) is 7.34. The molecule has 3 heteroatoms. The molecule has 1 N–H and O–H groups in total. The number of hydrogen-bond donors (Lipinski definition) is 1. The minimum absolute atomic E-state index is 0.297. The van der Waals surface area contributed by atoms with Crippen molar-refractivity contribution in [3.63, 3.8) is 0 Å². The van der Waals surface area contributed by atoms with Crippen molar-refractivity contribution in [2.45, 2.75) is 32.7 Å². The first-order chi connectivity index (χ1) is 10.1. The normalized spacial score (nSPS) is 12.4. The molecule has 2 rings (SSSR count). The van der Waals surface area contributed by atoms with Crippen molar-refractivity contribution < 1.29 is 0 Å². The molecule has 1 nitrogen and oxygen atoms in total. The topological polar surface area (TPSA) is 12.0 Å². The summed E-state index contributed by atoms with van der Waals surface area (Å²) in [5.74, 6) is 0. The molecule has 0 aliphatic carbocycles. The Kier molecular flexibility index (Phi) is 6.10. The average molecular weight is 322 g/mol. The van der Waals surface area contributed by atoms with Gasteiger partial charge in [0.2, 0.25) is 0 Å². The standard InChI is InChI=1S/C18H21Cl2N/c1-3-21-18(15-8-9-16(19)17(20)12-15)10-7-14-6-4-5-13(2)11-14/h4-6,8-9,11-12,18,21H,3,7,10H2,1-2H3. The van der Waals surface area contributed by atoms with E-state index in [-0.39, 0.29) is 0 Å². The minimum atomic E-state index is 0.297. The number of halogens is 2. The lowest BCUT2D eigenvalue weighted by molar-refractivity contribution is 0.515. The van der Waals surface area contributed by atoms with E-state index in [9.17, 15) is 0 Å². The van der Waals surface area contributed by atoms with Crippen LogP contribution in [0.1, 0.15) is 36.1 Å². The van der Waals surface area contributed by atoms with Gasteiger partial charge < -0.3 is 5.32 Å². The maximum atomic E-state index is 6.14. The maximum Gasteiger partial charge on any atom is 0.0595 e. The van der Waals surface area contributed by atoms with Crippen LogP contribution in [0.4, 0.5) is 0 Å². The minimum Gasteiger partial charge on any atom is -0.310 e. The van der Waals surface area contributed by atoms with Gasteiger partial charge in [-0.3, -0.25) is 0 Å². The highest BCUT2D eigenvalue weighted by atomic mass is 35.5. The fourth-order valence-corrected chi connectivity index (χ4v) is 2.85. The van der Waals surface area contributed by atoms with Crippen LogP contribution >= 0.6 is 23.2 Å². The second-order valence-corrected chi connectivity index (χ2v) is 6.13. The van der Waals surface area contributed by atoms with Crippen molar-refractivity contribution in [1.82, 2.24) is 5.32 Å². The molecule has 0 saturated heterocycles. The average Bonchev–Trinajstić information content (AvgIpc) is 2.46. The van der Waals surface area contributed by atoms with E-state index >= 15 is 0 Å². The molecule has 0 amide bonds.